The van der Waals surface area contributed by atoms with Gasteiger partial charge in [-0.15, -0.1) is 0 Å². The maximum Gasteiger partial charge on any atom is 0.123 e. The Morgan fingerprint density at radius 3 is 1.02 bits per heavy atom. The highest BCUT2D eigenvalue weighted by molar-refractivity contribution is 6.32. The van der Waals surface area contributed by atoms with Gasteiger partial charge in [0.2, 0.25) is 0 Å². The van der Waals surface area contributed by atoms with Crippen molar-refractivity contribution in [3.8, 4) is 55.6 Å². The molecule has 0 atom stereocenters. The minimum atomic E-state index is -0.302. The molecule has 0 unspecified atom stereocenters. The van der Waals surface area contributed by atoms with E-state index in [-0.39, 0.29) is 17.5 Å². The molecule has 0 radical (unpaired) electrons. The molecule has 0 aliphatic heterocycles. The van der Waals surface area contributed by atoms with Gasteiger partial charge >= 0.3 is 0 Å². The van der Waals surface area contributed by atoms with Crippen molar-refractivity contribution in [1.29, 1.82) is 0 Å². The van der Waals surface area contributed by atoms with E-state index in [9.17, 15) is 13.2 Å². The summed E-state index contributed by atoms with van der Waals surface area (Å²) in [6, 6.07) is 56.4. The Balaban J connectivity index is 1.36. The maximum absolute atomic E-state index is 14.4. The summed E-state index contributed by atoms with van der Waals surface area (Å²) in [5.74, 6) is -0.893. The van der Waals surface area contributed by atoms with Gasteiger partial charge < -0.3 is 0 Å². The van der Waals surface area contributed by atoms with Crippen LogP contribution in [0.5, 0.6) is 0 Å². The fraction of sp³-hybridized carbons (Fsp3) is 0. The number of halogens is 3. The van der Waals surface area contributed by atoms with Gasteiger partial charge in [0.05, 0.1) is 0 Å². The van der Waals surface area contributed by atoms with Crippen molar-refractivity contribution in [2.24, 2.45) is 0 Å². The van der Waals surface area contributed by atoms with Gasteiger partial charge in [0.15, 0.2) is 0 Å². The van der Waals surface area contributed by atoms with Crippen molar-refractivity contribution in [3.05, 3.63) is 193 Å². The fourth-order valence-electron chi connectivity index (χ4n) is 8.22. The monoisotopic (exact) mass is 686 g/mol. The first-order valence-electron chi connectivity index (χ1n) is 17.7. The van der Waals surface area contributed by atoms with Crippen molar-refractivity contribution in [2.45, 2.75) is 0 Å². The van der Waals surface area contributed by atoms with Crippen molar-refractivity contribution in [3.63, 3.8) is 0 Å². The van der Waals surface area contributed by atoms with Crippen LogP contribution < -0.4 is 0 Å². The second kappa shape index (κ2) is 12.2. The van der Waals surface area contributed by atoms with Crippen molar-refractivity contribution < 1.29 is 13.2 Å². The summed E-state index contributed by atoms with van der Waals surface area (Å²) in [6.07, 6.45) is 0. The number of benzene rings is 10. The van der Waals surface area contributed by atoms with Crippen molar-refractivity contribution in [2.75, 3.05) is 0 Å². The Kier molecular flexibility index (Phi) is 7.16. The van der Waals surface area contributed by atoms with E-state index in [0.29, 0.717) is 0 Å². The Morgan fingerprint density at radius 2 is 0.566 bits per heavy atom. The molecule has 10 aromatic carbocycles. The first-order chi connectivity index (χ1) is 26.0. The largest absolute Gasteiger partial charge is 0.207 e. The zero-order chi connectivity index (χ0) is 35.6. The molecule has 3 heteroatoms. The van der Waals surface area contributed by atoms with E-state index in [2.05, 4.69) is 97.1 Å². The molecule has 0 saturated carbocycles. The van der Waals surface area contributed by atoms with E-state index in [1.165, 1.54) is 36.4 Å². The summed E-state index contributed by atoms with van der Waals surface area (Å²) in [5.41, 5.74) is 10.1. The van der Waals surface area contributed by atoms with Crippen LogP contribution in [0.1, 0.15) is 0 Å². The summed E-state index contributed by atoms with van der Waals surface area (Å²) in [6.45, 7) is 0. The number of fused-ring (bicyclic) bond motifs is 1. The third kappa shape index (κ3) is 5.08. The molecule has 10 rings (SSSR count). The SMILES string of the molecule is Fc1ccc(-c2cc(-c3ccc(F)cc3)c3ccc4c(-c5ccc(-c6ccccc6)c6ccccc56)cc(-c5ccc(F)cc5)c5ccc2c3c54)cc1. The molecule has 0 aromatic heterocycles. The minimum absolute atomic E-state index is 0.290. The zero-order valence-electron chi connectivity index (χ0n) is 28.4. The topological polar surface area (TPSA) is 0 Å². The smallest absolute Gasteiger partial charge is 0.123 e. The molecule has 250 valence electrons. The van der Waals surface area contributed by atoms with Crippen LogP contribution >= 0.6 is 0 Å². The second-order valence-electron chi connectivity index (χ2n) is 13.6. The highest BCUT2D eigenvalue weighted by Crippen LogP contribution is 2.49. The van der Waals surface area contributed by atoms with Gasteiger partial charge in [-0.05, 0) is 147 Å². The number of hydrogen-bond donors (Lipinski definition) is 0. The van der Waals surface area contributed by atoms with Crippen LogP contribution in [0.4, 0.5) is 13.2 Å². The number of hydrogen-bond acceptors (Lipinski definition) is 0. The van der Waals surface area contributed by atoms with E-state index in [4.69, 9.17) is 0 Å². The van der Waals surface area contributed by atoms with Gasteiger partial charge in [-0.1, -0.05) is 127 Å². The first kappa shape index (κ1) is 31.1. The molecule has 0 bridgehead atoms. The zero-order valence-corrected chi connectivity index (χ0v) is 28.4. The lowest BCUT2D eigenvalue weighted by atomic mass is 9.81. The molecule has 0 fully saturated rings. The molecule has 0 amide bonds. The lowest BCUT2D eigenvalue weighted by Crippen LogP contribution is -1.95. The predicted molar refractivity (Wildman–Crippen MR) is 215 cm³/mol. The van der Waals surface area contributed by atoms with E-state index < -0.39 is 0 Å². The Labute approximate surface area is 304 Å². The maximum atomic E-state index is 14.4. The van der Waals surface area contributed by atoms with Crippen LogP contribution in [0.2, 0.25) is 0 Å². The third-order valence-corrected chi connectivity index (χ3v) is 10.7. The van der Waals surface area contributed by atoms with Gasteiger partial charge in [0, 0.05) is 0 Å². The minimum Gasteiger partial charge on any atom is -0.207 e. The first-order valence-corrected chi connectivity index (χ1v) is 17.7. The normalized spacial score (nSPS) is 11.7. The quantitative estimate of drug-likeness (QED) is 0.158. The van der Waals surface area contributed by atoms with E-state index in [1.807, 2.05) is 42.5 Å². The molecule has 0 aliphatic carbocycles. The molecule has 0 saturated heterocycles. The van der Waals surface area contributed by atoms with Gasteiger partial charge in [-0.3, -0.25) is 0 Å². The summed E-state index contributed by atoms with van der Waals surface area (Å²) in [7, 11) is 0. The van der Waals surface area contributed by atoms with Crippen molar-refractivity contribution in [1.82, 2.24) is 0 Å². The van der Waals surface area contributed by atoms with Crippen LogP contribution in [-0.2, 0) is 0 Å². The molecule has 0 heterocycles. The molecular weight excluding hydrogens is 658 g/mol. The summed E-state index contributed by atoms with van der Waals surface area (Å²) < 4.78 is 42.8. The summed E-state index contributed by atoms with van der Waals surface area (Å²) in [5, 5.41) is 8.62. The van der Waals surface area contributed by atoms with E-state index in [1.54, 1.807) is 0 Å². The van der Waals surface area contributed by atoms with Crippen LogP contribution in [0.3, 0.4) is 0 Å². The lowest BCUT2D eigenvalue weighted by Gasteiger charge is -2.22. The highest BCUT2D eigenvalue weighted by Gasteiger charge is 2.22. The van der Waals surface area contributed by atoms with Gasteiger partial charge in [-0.25, -0.2) is 13.2 Å². The number of rotatable bonds is 5. The van der Waals surface area contributed by atoms with Crippen LogP contribution in [0.25, 0.3) is 98.7 Å². The van der Waals surface area contributed by atoms with Gasteiger partial charge in [-0.2, -0.15) is 0 Å². The average Bonchev–Trinajstić information content (AvgIpc) is 3.20. The molecule has 53 heavy (non-hydrogen) atoms. The van der Waals surface area contributed by atoms with Crippen LogP contribution in [0, 0.1) is 17.5 Å². The average molecular weight is 687 g/mol. The molecule has 0 aliphatic rings. The van der Waals surface area contributed by atoms with Crippen LogP contribution in [0.15, 0.2) is 176 Å². The second-order valence-corrected chi connectivity index (χ2v) is 13.6. The third-order valence-electron chi connectivity index (χ3n) is 10.7. The van der Waals surface area contributed by atoms with E-state index >= 15 is 0 Å². The molecule has 0 N–H and O–H groups in total. The molecular formula is C50H29F3. The Morgan fingerprint density at radius 1 is 0.226 bits per heavy atom. The molecule has 0 spiro atoms. The van der Waals surface area contributed by atoms with Crippen LogP contribution in [-0.4, -0.2) is 0 Å². The van der Waals surface area contributed by atoms with Gasteiger partial charge in [0.1, 0.15) is 17.5 Å². The summed E-state index contributed by atoms with van der Waals surface area (Å²) in [4.78, 5) is 0. The standard InChI is InChI=1S/C50H29F3/c51-34-16-10-31(11-17-34)45-28-46(32-12-18-35(52)19-13-32)42-26-27-44-48(40-23-22-37(30-6-2-1-3-7-30)38-8-4-5-9-39(38)40)29-47(33-14-20-36(53)21-15-33)43-25-24-41(45)49(42)50(43)44/h1-29H. The molecule has 0 nitrogen and oxygen atoms in total. The van der Waals surface area contributed by atoms with Gasteiger partial charge in [0.25, 0.3) is 0 Å². The lowest BCUT2D eigenvalue weighted by molar-refractivity contribution is 0.627. The summed E-state index contributed by atoms with van der Waals surface area (Å²) >= 11 is 0. The van der Waals surface area contributed by atoms with E-state index in [0.717, 1.165) is 98.7 Å². The Hall–Kier alpha value is -6.71. The fourth-order valence-corrected chi connectivity index (χ4v) is 8.22. The molecule has 10 aromatic rings. The highest BCUT2D eigenvalue weighted by atomic mass is 19.1. The Bertz CT molecular complexity index is 2920. The van der Waals surface area contributed by atoms with Crippen molar-refractivity contribution >= 4 is 43.1 Å². The predicted octanol–water partition coefficient (Wildman–Crippen LogP) is 14.5.